The van der Waals surface area contributed by atoms with Crippen LogP contribution in [0.1, 0.15) is 23.5 Å². The molecule has 15 heavy (non-hydrogen) atoms. The van der Waals surface area contributed by atoms with Gasteiger partial charge in [0.2, 0.25) is 0 Å². The van der Waals surface area contributed by atoms with E-state index in [0.29, 0.717) is 12.5 Å². The Kier molecular flexibility index (Phi) is 3.13. The molecule has 1 aromatic rings. The van der Waals surface area contributed by atoms with Crippen LogP contribution in [0.3, 0.4) is 0 Å². The van der Waals surface area contributed by atoms with Gasteiger partial charge in [-0.2, -0.15) is 0 Å². The Morgan fingerprint density at radius 3 is 2.60 bits per heavy atom. The molecule has 0 N–H and O–H groups in total. The molecule has 0 aromatic heterocycles. The topological polar surface area (TPSA) is 12.4 Å². The van der Waals surface area contributed by atoms with E-state index in [0.717, 1.165) is 6.42 Å². The normalized spacial score (nSPS) is 19.1. The SMILES string of the molecule is C=NCc1ccc(C2C=CC=CC2)cc1. The highest BCUT2D eigenvalue weighted by molar-refractivity contribution is 5.32. The van der Waals surface area contributed by atoms with Crippen LogP contribution in [0, 0.1) is 0 Å². The van der Waals surface area contributed by atoms with Crippen molar-refractivity contribution in [2.75, 3.05) is 0 Å². The molecule has 1 atom stereocenters. The van der Waals surface area contributed by atoms with Gasteiger partial charge in [0.05, 0.1) is 6.54 Å². The molecule has 0 fully saturated rings. The Balaban J connectivity index is 2.12. The maximum Gasteiger partial charge on any atom is 0.0632 e. The minimum atomic E-state index is 0.542. The van der Waals surface area contributed by atoms with Crippen molar-refractivity contribution in [1.82, 2.24) is 0 Å². The first-order valence-electron chi connectivity index (χ1n) is 5.25. The van der Waals surface area contributed by atoms with Crippen molar-refractivity contribution in [2.24, 2.45) is 4.99 Å². The molecule has 1 nitrogen and oxygen atoms in total. The Morgan fingerprint density at radius 2 is 2.00 bits per heavy atom. The van der Waals surface area contributed by atoms with Crippen molar-refractivity contribution >= 4 is 6.72 Å². The Bertz CT molecular complexity index is 384. The molecule has 0 saturated heterocycles. The van der Waals surface area contributed by atoms with Crippen LogP contribution in [0.2, 0.25) is 0 Å². The molecule has 0 saturated carbocycles. The number of rotatable bonds is 3. The highest BCUT2D eigenvalue weighted by atomic mass is 14.7. The summed E-state index contributed by atoms with van der Waals surface area (Å²) in [6.07, 6.45) is 9.79. The van der Waals surface area contributed by atoms with Crippen LogP contribution in [0.15, 0.2) is 53.6 Å². The number of aliphatic imine (C=N–C) groups is 1. The lowest BCUT2D eigenvalue weighted by atomic mass is 9.92. The molecule has 0 amide bonds. The molecule has 0 spiro atoms. The van der Waals surface area contributed by atoms with Gasteiger partial charge in [0.25, 0.3) is 0 Å². The third-order valence-corrected chi connectivity index (χ3v) is 2.68. The molecule has 76 valence electrons. The van der Waals surface area contributed by atoms with E-state index in [1.165, 1.54) is 11.1 Å². The van der Waals surface area contributed by atoms with Crippen molar-refractivity contribution in [3.63, 3.8) is 0 Å². The summed E-state index contributed by atoms with van der Waals surface area (Å²) in [4.78, 5) is 3.87. The van der Waals surface area contributed by atoms with E-state index in [1.807, 2.05) is 0 Å². The third-order valence-electron chi connectivity index (χ3n) is 2.68. The zero-order valence-electron chi connectivity index (χ0n) is 8.76. The van der Waals surface area contributed by atoms with Crippen molar-refractivity contribution < 1.29 is 0 Å². The van der Waals surface area contributed by atoms with Gasteiger partial charge in [-0.15, -0.1) is 0 Å². The molecule has 1 heteroatoms. The zero-order chi connectivity index (χ0) is 10.5. The standard InChI is InChI=1S/C14H15N/c1-15-11-12-7-9-14(10-8-12)13-5-3-2-4-6-13/h2-5,7-10,13H,1,6,11H2. The second-order valence-corrected chi connectivity index (χ2v) is 3.78. The summed E-state index contributed by atoms with van der Waals surface area (Å²) in [5, 5.41) is 0. The van der Waals surface area contributed by atoms with E-state index in [-0.39, 0.29) is 0 Å². The number of benzene rings is 1. The lowest BCUT2D eigenvalue weighted by Crippen LogP contribution is -1.96. The monoisotopic (exact) mass is 197 g/mol. The predicted molar refractivity (Wildman–Crippen MR) is 65.3 cm³/mol. The van der Waals surface area contributed by atoms with Crippen molar-refractivity contribution in [1.29, 1.82) is 0 Å². The summed E-state index contributed by atoms with van der Waals surface area (Å²) in [5.74, 6) is 0.542. The molecule has 0 aliphatic heterocycles. The van der Waals surface area contributed by atoms with E-state index in [1.54, 1.807) is 0 Å². The molecular formula is C14H15N. The van der Waals surface area contributed by atoms with Gasteiger partial charge in [-0.1, -0.05) is 48.6 Å². The quantitative estimate of drug-likeness (QED) is 0.658. The predicted octanol–water partition coefficient (Wildman–Crippen LogP) is 3.49. The summed E-state index contributed by atoms with van der Waals surface area (Å²) < 4.78 is 0. The lowest BCUT2D eigenvalue weighted by molar-refractivity contribution is 0.852. The van der Waals surface area contributed by atoms with E-state index < -0.39 is 0 Å². The summed E-state index contributed by atoms with van der Waals surface area (Å²) in [6, 6.07) is 8.65. The molecule has 0 radical (unpaired) electrons. The summed E-state index contributed by atoms with van der Waals surface area (Å²) >= 11 is 0. The van der Waals surface area contributed by atoms with Crippen LogP contribution in [-0.4, -0.2) is 6.72 Å². The van der Waals surface area contributed by atoms with Crippen molar-refractivity contribution in [3.8, 4) is 0 Å². The fraction of sp³-hybridized carbons (Fsp3) is 0.214. The van der Waals surface area contributed by atoms with Gasteiger partial charge < -0.3 is 0 Å². The van der Waals surface area contributed by atoms with E-state index >= 15 is 0 Å². The Morgan fingerprint density at radius 1 is 1.20 bits per heavy atom. The van der Waals surface area contributed by atoms with Crippen LogP contribution < -0.4 is 0 Å². The first kappa shape index (κ1) is 9.91. The minimum absolute atomic E-state index is 0.542. The molecule has 2 rings (SSSR count). The largest absolute Gasteiger partial charge is 0.296 e. The average Bonchev–Trinajstić information content (AvgIpc) is 2.32. The van der Waals surface area contributed by atoms with Gasteiger partial charge in [-0.25, -0.2) is 0 Å². The smallest absolute Gasteiger partial charge is 0.0632 e. The van der Waals surface area contributed by atoms with E-state index in [2.05, 4.69) is 60.3 Å². The van der Waals surface area contributed by atoms with Crippen LogP contribution >= 0.6 is 0 Å². The van der Waals surface area contributed by atoms with Gasteiger partial charge in [-0.05, 0) is 24.3 Å². The summed E-state index contributed by atoms with van der Waals surface area (Å²) in [5.41, 5.74) is 2.60. The number of hydrogen-bond acceptors (Lipinski definition) is 1. The second kappa shape index (κ2) is 4.74. The fourth-order valence-electron chi connectivity index (χ4n) is 1.83. The molecule has 0 bridgehead atoms. The molecular weight excluding hydrogens is 182 g/mol. The first-order valence-corrected chi connectivity index (χ1v) is 5.25. The third kappa shape index (κ3) is 2.44. The van der Waals surface area contributed by atoms with Crippen LogP contribution in [0.4, 0.5) is 0 Å². The van der Waals surface area contributed by atoms with Crippen LogP contribution in [0.25, 0.3) is 0 Å². The lowest BCUT2D eigenvalue weighted by Gasteiger charge is -2.13. The average molecular weight is 197 g/mol. The van der Waals surface area contributed by atoms with Gasteiger partial charge in [0, 0.05) is 5.92 Å². The maximum atomic E-state index is 3.87. The Hall–Kier alpha value is -1.63. The zero-order valence-corrected chi connectivity index (χ0v) is 8.76. The van der Waals surface area contributed by atoms with E-state index in [9.17, 15) is 0 Å². The van der Waals surface area contributed by atoms with Crippen LogP contribution in [-0.2, 0) is 6.54 Å². The van der Waals surface area contributed by atoms with Gasteiger partial charge in [-0.3, -0.25) is 4.99 Å². The highest BCUT2D eigenvalue weighted by Gasteiger charge is 2.07. The summed E-state index contributed by atoms with van der Waals surface area (Å²) in [7, 11) is 0. The molecule has 1 aromatic carbocycles. The fourth-order valence-corrected chi connectivity index (χ4v) is 1.83. The number of allylic oxidation sites excluding steroid dienone is 4. The van der Waals surface area contributed by atoms with Crippen LogP contribution in [0.5, 0.6) is 0 Å². The molecule has 1 aliphatic carbocycles. The highest BCUT2D eigenvalue weighted by Crippen LogP contribution is 2.24. The molecule has 1 aliphatic rings. The summed E-state index contributed by atoms with van der Waals surface area (Å²) in [6.45, 7) is 4.21. The Labute approximate surface area is 90.9 Å². The van der Waals surface area contributed by atoms with Gasteiger partial charge >= 0.3 is 0 Å². The molecule has 0 heterocycles. The second-order valence-electron chi connectivity index (χ2n) is 3.78. The van der Waals surface area contributed by atoms with Gasteiger partial charge in [0.15, 0.2) is 0 Å². The van der Waals surface area contributed by atoms with Gasteiger partial charge in [0.1, 0.15) is 0 Å². The van der Waals surface area contributed by atoms with E-state index in [4.69, 9.17) is 0 Å². The number of hydrogen-bond donors (Lipinski definition) is 0. The maximum absolute atomic E-state index is 3.87. The first-order chi connectivity index (χ1) is 7.40. The minimum Gasteiger partial charge on any atom is -0.296 e. The number of nitrogens with zero attached hydrogens (tertiary/aromatic N) is 1. The van der Waals surface area contributed by atoms with Crippen molar-refractivity contribution in [2.45, 2.75) is 18.9 Å². The van der Waals surface area contributed by atoms with Crippen molar-refractivity contribution in [3.05, 3.63) is 59.7 Å². The molecule has 1 unspecified atom stereocenters.